The molecule has 1 amide bonds. The molecule has 3 aromatic rings. The number of hydrogen-bond donors (Lipinski definition) is 2. The van der Waals surface area contributed by atoms with Crippen LogP contribution in [0.3, 0.4) is 0 Å². The van der Waals surface area contributed by atoms with E-state index in [4.69, 9.17) is 0 Å². The van der Waals surface area contributed by atoms with Crippen LogP contribution in [0.4, 0.5) is 0 Å². The lowest BCUT2D eigenvalue weighted by Crippen LogP contribution is -2.47. The Kier molecular flexibility index (Phi) is 4.72. The van der Waals surface area contributed by atoms with Crippen LogP contribution in [-0.2, 0) is 4.79 Å². The van der Waals surface area contributed by atoms with Gasteiger partial charge in [-0.05, 0) is 17.2 Å². The summed E-state index contributed by atoms with van der Waals surface area (Å²) in [5.74, 6) is -0.201. The van der Waals surface area contributed by atoms with Gasteiger partial charge in [0.15, 0.2) is 0 Å². The molecule has 136 valence electrons. The highest BCUT2D eigenvalue weighted by molar-refractivity contribution is 5.88. The van der Waals surface area contributed by atoms with Crippen LogP contribution in [0, 0.1) is 0 Å². The van der Waals surface area contributed by atoms with Gasteiger partial charge in [-0.15, -0.1) is 0 Å². The van der Waals surface area contributed by atoms with E-state index in [9.17, 15) is 9.90 Å². The van der Waals surface area contributed by atoms with Crippen LogP contribution in [0.1, 0.15) is 29.6 Å². The van der Waals surface area contributed by atoms with Crippen LogP contribution in [-0.4, -0.2) is 25.7 Å². The average Bonchev–Trinajstić information content (AvgIpc) is 3.25. The lowest BCUT2D eigenvalue weighted by Gasteiger charge is -2.41. The highest BCUT2D eigenvalue weighted by atomic mass is 16.3. The van der Waals surface area contributed by atoms with Crippen LogP contribution >= 0.6 is 0 Å². The summed E-state index contributed by atoms with van der Waals surface area (Å²) in [5, 5.41) is 18.4. The number of aliphatic hydroxyl groups is 1. The quantitative estimate of drug-likeness (QED) is 0.734. The van der Waals surface area contributed by atoms with Crippen LogP contribution in [0.2, 0.25) is 0 Å². The zero-order chi connectivity index (χ0) is 18.6. The summed E-state index contributed by atoms with van der Waals surface area (Å²) >= 11 is 0. The Morgan fingerprint density at radius 1 is 0.963 bits per heavy atom. The number of nitrogens with zero attached hydrogens (tertiary/aromatic N) is 3. The molecule has 27 heavy (non-hydrogen) atoms. The van der Waals surface area contributed by atoms with E-state index in [1.807, 2.05) is 65.6 Å². The first kappa shape index (κ1) is 17.1. The molecule has 0 saturated carbocycles. The number of amides is 1. The molecule has 0 bridgehead atoms. The van der Waals surface area contributed by atoms with E-state index < -0.39 is 18.4 Å². The van der Waals surface area contributed by atoms with Gasteiger partial charge in [-0.3, -0.25) is 4.79 Å². The largest absolute Gasteiger partial charge is 0.386 e. The van der Waals surface area contributed by atoms with E-state index >= 15 is 0 Å². The topological polar surface area (TPSA) is 70.4 Å². The predicted molar refractivity (Wildman–Crippen MR) is 101 cm³/mol. The molecule has 1 unspecified atom stereocenters. The summed E-state index contributed by atoms with van der Waals surface area (Å²) in [6.45, 7) is 0. The van der Waals surface area contributed by atoms with Crippen LogP contribution in [0.5, 0.6) is 0 Å². The van der Waals surface area contributed by atoms with E-state index in [0.717, 1.165) is 11.1 Å². The highest BCUT2D eigenvalue weighted by Gasteiger charge is 2.35. The first-order valence-electron chi connectivity index (χ1n) is 8.77. The SMILES string of the molecule is O=C1C=CN([C@H](c2ccccc2)[C@H](O)c2ccccc2)C(n2cccn2)N1. The van der Waals surface area contributed by atoms with Gasteiger partial charge in [-0.25, -0.2) is 4.68 Å². The second-order valence-electron chi connectivity index (χ2n) is 6.34. The van der Waals surface area contributed by atoms with Gasteiger partial charge < -0.3 is 15.3 Å². The molecule has 0 spiro atoms. The number of rotatable bonds is 5. The monoisotopic (exact) mass is 360 g/mol. The van der Waals surface area contributed by atoms with Crippen molar-refractivity contribution in [3.8, 4) is 0 Å². The Balaban J connectivity index is 1.79. The predicted octanol–water partition coefficient (Wildman–Crippen LogP) is 2.76. The molecular formula is C21H20N4O2. The van der Waals surface area contributed by atoms with Crippen molar-refractivity contribution in [2.24, 2.45) is 0 Å². The number of hydrogen-bond acceptors (Lipinski definition) is 4. The minimum atomic E-state index is -0.800. The van der Waals surface area contributed by atoms with E-state index in [1.54, 1.807) is 29.3 Å². The van der Waals surface area contributed by atoms with Crippen LogP contribution in [0.25, 0.3) is 0 Å². The molecular weight excluding hydrogens is 340 g/mol. The fraction of sp³-hybridized carbons (Fsp3) is 0.143. The number of nitrogens with one attached hydrogen (secondary N) is 1. The van der Waals surface area contributed by atoms with Crippen molar-refractivity contribution in [2.75, 3.05) is 0 Å². The summed E-state index contributed by atoms with van der Waals surface area (Å²) in [5.41, 5.74) is 1.74. The molecule has 6 nitrogen and oxygen atoms in total. The van der Waals surface area contributed by atoms with Crippen LogP contribution in [0.15, 0.2) is 91.4 Å². The lowest BCUT2D eigenvalue weighted by molar-refractivity contribution is -0.122. The number of carbonyl (C=O) groups is 1. The van der Waals surface area contributed by atoms with Gasteiger partial charge in [0.2, 0.25) is 12.2 Å². The minimum absolute atomic E-state index is 0.201. The molecule has 0 aliphatic carbocycles. The summed E-state index contributed by atoms with van der Waals surface area (Å²) in [6.07, 6.45) is 5.29. The second-order valence-corrected chi connectivity index (χ2v) is 6.34. The van der Waals surface area contributed by atoms with E-state index in [-0.39, 0.29) is 5.91 Å². The van der Waals surface area contributed by atoms with Crippen molar-refractivity contribution in [1.82, 2.24) is 20.0 Å². The maximum Gasteiger partial charge on any atom is 0.248 e. The molecule has 0 fully saturated rings. The Bertz CT molecular complexity index is 910. The normalized spacial score (nSPS) is 18.8. The van der Waals surface area contributed by atoms with Gasteiger partial charge in [0.05, 0.1) is 6.04 Å². The summed E-state index contributed by atoms with van der Waals surface area (Å²) < 4.78 is 1.66. The van der Waals surface area contributed by atoms with Gasteiger partial charge in [-0.1, -0.05) is 60.7 Å². The first-order valence-corrected chi connectivity index (χ1v) is 8.77. The third kappa shape index (κ3) is 3.47. The fourth-order valence-electron chi connectivity index (χ4n) is 3.36. The smallest absolute Gasteiger partial charge is 0.248 e. The third-order valence-corrected chi connectivity index (χ3v) is 4.63. The minimum Gasteiger partial charge on any atom is -0.386 e. The van der Waals surface area contributed by atoms with Gasteiger partial charge >= 0.3 is 0 Å². The van der Waals surface area contributed by atoms with E-state index in [0.29, 0.717) is 0 Å². The Morgan fingerprint density at radius 3 is 2.26 bits per heavy atom. The number of aromatic nitrogens is 2. The fourth-order valence-corrected chi connectivity index (χ4v) is 3.36. The standard InChI is InChI=1S/C21H20N4O2/c26-18-12-15-24(21(23-18)25-14-7-13-22-25)19(16-8-3-1-4-9-16)20(27)17-10-5-2-6-11-17/h1-15,19-21,27H,(H,23,26)/t19-,20-,21?/m1/s1. The summed E-state index contributed by atoms with van der Waals surface area (Å²) in [4.78, 5) is 13.9. The van der Waals surface area contributed by atoms with Crippen molar-refractivity contribution < 1.29 is 9.90 Å². The van der Waals surface area contributed by atoms with Crippen molar-refractivity contribution in [1.29, 1.82) is 0 Å². The molecule has 3 atom stereocenters. The average molecular weight is 360 g/mol. The maximum atomic E-state index is 12.0. The van der Waals surface area contributed by atoms with Gasteiger partial charge in [0.25, 0.3) is 0 Å². The van der Waals surface area contributed by atoms with Crippen molar-refractivity contribution in [3.63, 3.8) is 0 Å². The zero-order valence-electron chi connectivity index (χ0n) is 14.6. The molecule has 1 aliphatic rings. The maximum absolute atomic E-state index is 12.0. The third-order valence-electron chi connectivity index (χ3n) is 4.63. The number of carbonyl (C=O) groups excluding carboxylic acids is 1. The molecule has 6 heteroatoms. The number of benzene rings is 2. The van der Waals surface area contributed by atoms with Crippen molar-refractivity contribution in [2.45, 2.75) is 18.4 Å². The molecule has 2 heterocycles. The molecule has 1 aromatic heterocycles. The van der Waals surface area contributed by atoms with Gasteiger partial charge in [-0.2, -0.15) is 5.10 Å². The lowest BCUT2D eigenvalue weighted by atomic mass is 9.94. The molecule has 2 N–H and O–H groups in total. The van der Waals surface area contributed by atoms with Crippen LogP contribution < -0.4 is 5.32 Å². The van der Waals surface area contributed by atoms with E-state index in [2.05, 4.69) is 10.4 Å². The Hall–Kier alpha value is -3.38. The highest BCUT2D eigenvalue weighted by Crippen LogP contribution is 2.38. The van der Waals surface area contributed by atoms with Crippen molar-refractivity contribution in [3.05, 3.63) is 103 Å². The molecule has 0 radical (unpaired) electrons. The summed E-state index contributed by atoms with van der Waals surface area (Å²) in [7, 11) is 0. The molecule has 1 aliphatic heterocycles. The molecule has 2 aromatic carbocycles. The van der Waals surface area contributed by atoms with Crippen molar-refractivity contribution >= 4 is 5.91 Å². The van der Waals surface area contributed by atoms with Gasteiger partial charge in [0, 0.05) is 24.7 Å². The van der Waals surface area contributed by atoms with E-state index in [1.165, 1.54) is 6.08 Å². The first-order chi connectivity index (χ1) is 13.2. The van der Waals surface area contributed by atoms with Gasteiger partial charge in [0.1, 0.15) is 6.10 Å². The Labute approximate surface area is 157 Å². The number of aliphatic hydroxyl groups excluding tert-OH is 1. The molecule has 0 saturated heterocycles. The Morgan fingerprint density at radius 2 is 1.63 bits per heavy atom. The second kappa shape index (κ2) is 7.47. The summed E-state index contributed by atoms with van der Waals surface area (Å²) in [6, 6.07) is 20.7. The molecule has 4 rings (SSSR count). The zero-order valence-corrected chi connectivity index (χ0v) is 14.6.